The number of imide groups is 1. The van der Waals surface area contributed by atoms with Crippen LogP contribution in [-0.4, -0.2) is 40.4 Å². The molecular formula is C15H27NO5Si. The smallest absolute Gasteiger partial charge is 0.373 e. The molecule has 1 atom stereocenters. The van der Waals surface area contributed by atoms with Gasteiger partial charge < -0.3 is 13.3 Å². The molecule has 0 bridgehead atoms. The van der Waals surface area contributed by atoms with Crippen LogP contribution in [0, 0.1) is 0 Å². The van der Waals surface area contributed by atoms with E-state index < -0.39 is 8.80 Å². The summed E-state index contributed by atoms with van der Waals surface area (Å²) >= 11 is 0. The molecule has 1 aliphatic rings. The van der Waals surface area contributed by atoms with E-state index in [1.165, 1.54) is 6.08 Å². The Morgan fingerprint density at radius 3 is 1.95 bits per heavy atom. The summed E-state index contributed by atoms with van der Waals surface area (Å²) in [6, 6.07) is 0. The van der Waals surface area contributed by atoms with E-state index in [2.05, 4.69) is 12.2 Å². The van der Waals surface area contributed by atoms with Crippen molar-refractivity contribution in [2.24, 2.45) is 0 Å². The molecule has 22 heavy (non-hydrogen) atoms. The predicted molar refractivity (Wildman–Crippen MR) is 85.1 cm³/mol. The molecule has 0 spiro atoms. The Kier molecular flexibility index (Phi) is 7.95. The third-order valence-electron chi connectivity index (χ3n) is 3.47. The molecule has 1 rings (SSSR count). The Morgan fingerprint density at radius 2 is 1.59 bits per heavy atom. The number of rotatable bonds is 11. The Labute approximate surface area is 133 Å². The Morgan fingerprint density at radius 1 is 1.05 bits per heavy atom. The van der Waals surface area contributed by atoms with E-state index >= 15 is 0 Å². The normalized spacial score (nSPS) is 16.6. The van der Waals surface area contributed by atoms with E-state index in [0.29, 0.717) is 31.8 Å². The van der Waals surface area contributed by atoms with Crippen molar-refractivity contribution < 1.29 is 22.9 Å². The van der Waals surface area contributed by atoms with Gasteiger partial charge in [-0.05, 0) is 27.2 Å². The van der Waals surface area contributed by atoms with Crippen LogP contribution in [0.5, 0.6) is 0 Å². The summed E-state index contributed by atoms with van der Waals surface area (Å²) in [7, 11) is -3.08. The molecule has 1 N–H and O–H groups in total. The summed E-state index contributed by atoms with van der Waals surface area (Å²) in [6.45, 7) is 9.05. The molecule has 0 aromatic rings. The Hall–Kier alpha value is -1.02. The first-order valence-corrected chi connectivity index (χ1v) is 9.83. The molecule has 6 nitrogen and oxygen atoms in total. The second-order valence-electron chi connectivity index (χ2n) is 5.02. The molecule has 0 aromatic carbocycles. The van der Waals surface area contributed by atoms with Gasteiger partial charge in [-0.1, -0.05) is 19.8 Å². The number of hydrogen-bond donors (Lipinski definition) is 1. The lowest BCUT2D eigenvalue weighted by Crippen LogP contribution is -2.51. The third-order valence-corrected chi connectivity index (χ3v) is 7.00. The van der Waals surface area contributed by atoms with Gasteiger partial charge in [0.15, 0.2) is 0 Å². The maximum atomic E-state index is 12.1. The van der Waals surface area contributed by atoms with Crippen LogP contribution < -0.4 is 5.32 Å². The molecule has 0 aliphatic carbocycles. The van der Waals surface area contributed by atoms with Crippen LogP contribution in [0.4, 0.5) is 0 Å². The van der Waals surface area contributed by atoms with Crippen molar-refractivity contribution in [1.82, 2.24) is 5.32 Å². The topological polar surface area (TPSA) is 73.9 Å². The highest BCUT2D eigenvalue weighted by Crippen LogP contribution is 2.38. The number of hydrogen-bond acceptors (Lipinski definition) is 5. The van der Waals surface area contributed by atoms with Crippen molar-refractivity contribution in [2.75, 3.05) is 19.8 Å². The third kappa shape index (κ3) is 4.49. The standard InChI is InChI=1S/C15H27NO5Si/c1-5-9-10-13(12-11-14(17)16-15(12)18)22(19-6-2,20-7-3)21-8-4/h11,13H,5-10H2,1-4H3,(H,16,17,18). The summed E-state index contributed by atoms with van der Waals surface area (Å²) in [4.78, 5) is 23.6. The molecule has 126 valence electrons. The summed E-state index contributed by atoms with van der Waals surface area (Å²) < 4.78 is 17.8. The van der Waals surface area contributed by atoms with E-state index in [-0.39, 0.29) is 17.4 Å². The molecule has 2 amide bonds. The Bertz CT molecular complexity index is 407. The van der Waals surface area contributed by atoms with Crippen LogP contribution in [0.15, 0.2) is 11.6 Å². The summed E-state index contributed by atoms with van der Waals surface area (Å²) in [5.41, 5.74) is 0.124. The van der Waals surface area contributed by atoms with Gasteiger partial charge in [0.25, 0.3) is 11.8 Å². The molecule has 1 aliphatic heterocycles. The summed E-state index contributed by atoms with van der Waals surface area (Å²) in [5.74, 6) is -0.740. The van der Waals surface area contributed by atoms with Gasteiger partial charge in [0.1, 0.15) is 0 Å². The monoisotopic (exact) mass is 329 g/mol. The number of carbonyl (C=O) groups is 2. The van der Waals surface area contributed by atoms with Crippen LogP contribution in [-0.2, 0) is 22.9 Å². The van der Waals surface area contributed by atoms with Crippen LogP contribution in [0.25, 0.3) is 0 Å². The van der Waals surface area contributed by atoms with E-state index in [9.17, 15) is 9.59 Å². The lowest BCUT2D eigenvalue weighted by Gasteiger charge is -2.35. The van der Waals surface area contributed by atoms with E-state index in [1.807, 2.05) is 20.8 Å². The number of carbonyl (C=O) groups excluding carboxylic acids is 2. The van der Waals surface area contributed by atoms with E-state index in [0.717, 1.165) is 12.8 Å². The van der Waals surface area contributed by atoms with Gasteiger partial charge in [-0.2, -0.15) is 0 Å². The first-order chi connectivity index (χ1) is 10.5. The fourth-order valence-corrected chi connectivity index (χ4v) is 5.86. The highest BCUT2D eigenvalue weighted by Gasteiger charge is 2.52. The SMILES string of the molecule is CCCCC(C1=CC(=O)NC1=O)[Si](OCC)(OCC)OCC. The van der Waals surface area contributed by atoms with Crippen molar-refractivity contribution in [1.29, 1.82) is 0 Å². The first-order valence-electron chi connectivity index (χ1n) is 8.03. The van der Waals surface area contributed by atoms with Crippen LogP contribution in [0.2, 0.25) is 5.54 Å². The van der Waals surface area contributed by atoms with Gasteiger partial charge in [-0.25, -0.2) is 0 Å². The van der Waals surface area contributed by atoms with Crippen LogP contribution >= 0.6 is 0 Å². The fraction of sp³-hybridized carbons (Fsp3) is 0.733. The van der Waals surface area contributed by atoms with Crippen molar-refractivity contribution in [2.45, 2.75) is 52.5 Å². The minimum atomic E-state index is -3.08. The average Bonchev–Trinajstić information content (AvgIpc) is 2.79. The highest BCUT2D eigenvalue weighted by atomic mass is 28.4. The lowest BCUT2D eigenvalue weighted by atomic mass is 10.1. The molecule has 0 saturated carbocycles. The second-order valence-corrected chi connectivity index (χ2v) is 7.79. The minimum Gasteiger partial charge on any atom is -0.373 e. The van der Waals surface area contributed by atoms with Crippen molar-refractivity contribution in [3.63, 3.8) is 0 Å². The van der Waals surface area contributed by atoms with Crippen molar-refractivity contribution in [3.05, 3.63) is 11.6 Å². The van der Waals surface area contributed by atoms with E-state index in [1.54, 1.807) is 0 Å². The molecule has 0 fully saturated rings. The molecule has 0 saturated heterocycles. The first kappa shape index (κ1) is 19.0. The van der Waals surface area contributed by atoms with Crippen molar-refractivity contribution >= 4 is 20.6 Å². The maximum Gasteiger partial charge on any atom is 0.509 e. The van der Waals surface area contributed by atoms with Gasteiger partial charge in [-0.15, -0.1) is 0 Å². The van der Waals surface area contributed by atoms with Gasteiger partial charge in [0.05, 0.1) is 5.54 Å². The zero-order chi connectivity index (χ0) is 16.6. The largest absolute Gasteiger partial charge is 0.509 e. The van der Waals surface area contributed by atoms with E-state index in [4.69, 9.17) is 13.3 Å². The number of amides is 2. The second kappa shape index (κ2) is 9.19. The molecule has 1 unspecified atom stereocenters. The molecule has 0 aromatic heterocycles. The minimum absolute atomic E-state index is 0.307. The van der Waals surface area contributed by atoms with Crippen LogP contribution in [0.1, 0.15) is 47.0 Å². The summed E-state index contributed by atoms with van der Waals surface area (Å²) in [6.07, 6.45) is 3.95. The highest BCUT2D eigenvalue weighted by molar-refractivity contribution is 6.64. The maximum absolute atomic E-state index is 12.1. The van der Waals surface area contributed by atoms with Gasteiger partial charge >= 0.3 is 8.80 Å². The predicted octanol–water partition coefficient (Wildman–Crippen LogP) is 2.18. The quantitative estimate of drug-likeness (QED) is 0.464. The van der Waals surface area contributed by atoms with Crippen LogP contribution in [0.3, 0.4) is 0 Å². The molecule has 1 heterocycles. The fourth-order valence-electron chi connectivity index (χ4n) is 2.65. The lowest BCUT2D eigenvalue weighted by molar-refractivity contribution is -0.124. The molecule has 0 radical (unpaired) electrons. The van der Waals surface area contributed by atoms with Gasteiger partial charge in [-0.3, -0.25) is 14.9 Å². The Balaban J connectivity index is 3.20. The zero-order valence-electron chi connectivity index (χ0n) is 13.9. The summed E-state index contributed by atoms with van der Waals surface area (Å²) in [5, 5.41) is 2.31. The zero-order valence-corrected chi connectivity index (χ0v) is 14.9. The van der Waals surface area contributed by atoms with Gasteiger partial charge in [0.2, 0.25) is 0 Å². The molecular weight excluding hydrogens is 302 g/mol. The molecule has 7 heteroatoms. The average molecular weight is 329 g/mol. The van der Waals surface area contributed by atoms with Crippen molar-refractivity contribution in [3.8, 4) is 0 Å². The number of nitrogens with one attached hydrogen (secondary N) is 1. The number of unbranched alkanes of at least 4 members (excludes halogenated alkanes) is 1. The van der Waals surface area contributed by atoms with Gasteiger partial charge in [0, 0.05) is 31.5 Å².